The van der Waals surface area contributed by atoms with Crippen molar-refractivity contribution in [1.82, 2.24) is 14.9 Å². The predicted molar refractivity (Wildman–Crippen MR) is 126 cm³/mol. The summed E-state index contributed by atoms with van der Waals surface area (Å²) in [5.41, 5.74) is 0.443. The van der Waals surface area contributed by atoms with Crippen molar-refractivity contribution in [1.29, 1.82) is 5.26 Å². The quantitative estimate of drug-likeness (QED) is 0.529. The van der Waals surface area contributed by atoms with Crippen molar-refractivity contribution in [2.45, 2.75) is 94.6 Å². The highest BCUT2D eigenvalue weighted by molar-refractivity contribution is 8.00. The Morgan fingerprint density at radius 3 is 2.84 bits per heavy atom. The Labute approximate surface area is 191 Å². The Morgan fingerprint density at radius 1 is 1.42 bits per heavy atom. The van der Waals surface area contributed by atoms with Gasteiger partial charge in [-0.25, -0.2) is 4.98 Å². The van der Waals surface area contributed by atoms with Crippen molar-refractivity contribution < 1.29 is 4.79 Å². The summed E-state index contributed by atoms with van der Waals surface area (Å²) in [5, 5.41) is 13.6. The first kappa shape index (κ1) is 22.3. The van der Waals surface area contributed by atoms with Crippen LogP contribution in [0.4, 0.5) is 0 Å². The minimum Gasteiger partial charge on any atom is -0.337 e. The molecule has 1 fully saturated rings. The molecule has 8 heteroatoms. The number of aromatic nitrogens is 2. The monoisotopic (exact) mass is 458 g/mol. The molecule has 6 nitrogen and oxygen atoms in total. The Morgan fingerprint density at radius 2 is 2.16 bits per heavy atom. The van der Waals surface area contributed by atoms with E-state index in [1.165, 1.54) is 22.2 Å². The Hall–Kier alpha value is -1.85. The second-order valence-corrected chi connectivity index (χ2v) is 11.4. The van der Waals surface area contributed by atoms with Crippen LogP contribution in [0.5, 0.6) is 0 Å². The molecule has 0 bridgehead atoms. The fourth-order valence-corrected chi connectivity index (χ4v) is 7.14. The average Bonchev–Trinajstić information content (AvgIpc) is 3.11. The lowest BCUT2D eigenvalue weighted by atomic mass is 9.83. The van der Waals surface area contributed by atoms with Gasteiger partial charge < -0.3 is 5.32 Å². The van der Waals surface area contributed by atoms with E-state index in [2.05, 4.69) is 18.3 Å². The van der Waals surface area contributed by atoms with Gasteiger partial charge in [-0.3, -0.25) is 14.2 Å². The van der Waals surface area contributed by atoms with Gasteiger partial charge in [0.1, 0.15) is 10.4 Å². The number of carbonyl (C=O) groups is 1. The molecule has 0 aromatic carbocycles. The maximum Gasteiger partial charge on any atom is 0.263 e. The van der Waals surface area contributed by atoms with E-state index >= 15 is 0 Å². The third kappa shape index (κ3) is 4.27. The van der Waals surface area contributed by atoms with E-state index < -0.39 is 10.8 Å². The first-order valence-corrected chi connectivity index (χ1v) is 13.0. The molecule has 2 aromatic heterocycles. The normalized spacial score (nSPS) is 21.3. The van der Waals surface area contributed by atoms with Gasteiger partial charge in [-0.1, -0.05) is 37.9 Å². The lowest BCUT2D eigenvalue weighted by molar-refractivity contribution is -0.121. The van der Waals surface area contributed by atoms with Gasteiger partial charge in [-0.15, -0.1) is 11.3 Å². The number of amides is 1. The number of aryl methyl sites for hydroxylation is 1. The van der Waals surface area contributed by atoms with Crippen molar-refractivity contribution in [3.63, 3.8) is 0 Å². The number of rotatable bonds is 5. The Bertz CT molecular complexity index is 1090. The summed E-state index contributed by atoms with van der Waals surface area (Å²) in [6, 6.07) is 2.34. The van der Waals surface area contributed by atoms with Crippen LogP contribution in [0.1, 0.15) is 69.7 Å². The van der Waals surface area contributed by atoms with E-state index in [1.54, 1.807) is 15.9 Å². The molecule has 0 aliphatic heterocycles. The van der Waals surface area contributed by atoms with E-state index in [0.717, 1.165) is 48.7 Å². The van der Waals surface area contributed by atoms with Crippen LogP contribution < -0.4 is 10.9 Å². The Balaban J connectivity index is 1.61. The number of hydrogen-bond donors (Lipinski definition) is 1. The summed E-state index contributed by atoms with van der Waals surface area (Å²) in [5.74, 6) is 0.475. The maximum absolute atomic E-state index is 13.3. The second kappa shape index (κ2) is 8.95. The van der Waals surface area contributed by atoms with Gasteiger partial charge in [0, 0.05) is 11.4 Å². The first-order chi connectivity index (χ1) is 14.9. The van der Waals surface area contributed by atoms with Crippen LogP contribution in [-0.2, 0) is 24.2 Å². The summed E-state index contributed by atoms with van der Waals surface area (Å²) in [6.07, 6.45) is 7.51. The molecule has 2 atom stereocenters. The fourth-order valence-electron chi connectivity index (χ4n) is 4.74. The van der Waals surface area contributed by atoms with E-state index in [1.807, 2.05) is 13.8 Å². The zero-order valence-electron chi connectivity index (χ0n) is 18.5. The largest absolute Gasteiger partial charge is 0.337 e. The van der Waals surface area contributed by atoms with Crippen LogP contribution in [0.3, 0.4) is 0 Å². The topological polar surface area (TPSA) is 87.8 Å². The molecule has 4 rings (SSSR count). The van der Waals surface area contributed by atoms with Crippen molar-refractivity contribution in [2.24, 2.45) is 5.92 Å². The van der Waals surface area contributed by atoms with Gasteiger partial charge in [0.15, 0.2) is 5.16 Å². The second-order valence-electron chi connectivity index (χ2n) is 8.98. The SMILES string of the molecule is CCn1c(SC(C)C(=O)NC2(C#N)CCCCC2)nc2sc3c(c2c1=O)CCC(C)C3. The molecule has 166 valence electrons. The number of nitriles is 1. The molecule has 0 saturated heterocycles. The van der Waals surface area contributed by atoms with Gasteiger partial charge in [-0.05, 0) is 57.4 Å². The van der Waals surface area contributed by atoms with Gasteiger partial charge >= 0.3 is 0 Å². The van der Waals surface area contributed by atoms with E-state index in [-0.39, 0.29) is 11.5 Å². The standard InChI is InChI=1S/C23H30N4O2S2/c1-4-27-21(29)18-16-9-8-14(2)12-17(16)31-20(18)25-22(27)30-15(3)19(28)26-23(13-24)10-6-5-7-11-23/h14-15H,4-12H2,1-3H3,(H,26,28). The summed E-state index contributed by atoms with van der Waals surface area (Å²) in [4.78, 5) is 33.2. The van der Waals surface area contributed by atoms with E-state index in [0.29, 0.717) is 30.5 Å². The molecule has 1 N–H and O–H groups in total. The first-order valence-electron chi connectivity index (χ1n) is 11.3. The third-order valence-electron chi connectivity index (χ3n) is 6.63. The highest BCUT2D eigenvalue weighted by Crippen LogP contribution is 2.37. The predicted octanol–water partition coefficient (Wildman–Crippen LogP) is 4.43. The van der Waals surface area contributed by atoms with Crippen molar-refractivity contribution in [2.75, 3.05) is 0 Å². The average molecular weight is 459 g/mol. The Kier molecular flexibility index (Phi) is 6.45. The molecule has 2 aliphatic rings. The lowest BCUT2D eigenvalue weighted by Gasteiger charge is -2.32. The van der Waals surface area contributed by atoms with Gasteiger partial charge in [0.05, 0.1) is 16.7 Å². The molecule has 2 aliphatic carbocycles. The van der Waals surface area contributed by atoms with Crippen LogP contribution in [-0.4, -0.2) is 26.2 Å². The zero-order valence-corrected chi connectivity index (χ0v) is 20.1. The minimum absolute atomic E-state index is 0.00966. The van der Waals surface area contributed by atoms with Crippen molar-refractivity contribution in [3.8, 4) is 6.07 Å². The summed E-state index contributed by atoms with van der Waals surface area (Å²) in [7, 11) is 0. The molecular weight excluding hydrogens is 428 g/mol. The van der Waals surface area contributed by atoms with Crippen LogP contribution in [0, 0.1) is 17.2 Å². The number of hydrogen-bond acceptors (Lipinski definition) is 6. The van der Waals surface area contributed by atoms with Gasteiger partial charge in [-0.2, -0.15) is 5.26 Å². The molecule has 2 unspecified atom stereocenters. The summed E-state index contributed by atoms with van der Waals surface area (Å²) >= 11 is 2.95. The minimum atomic E-state index is -0.755. The number of nitrogens with zero attached hydrogens (tertiary/aromatic N) is 3. The number of thioether (sulfide) groups is 1. The van der Waals surface area contributed by atoms with Crippen molar-refractivity contribution in [3.05, 3.63) is 20.8 Å². The molecule has 1 amide bonds. The highest BCUT2D eigenvalue weighted by Gasteiger charge is 2.35. The number of thiophene rings is 1. The van der Waals surface area contributed by atoms with Crippen LogP contribution >= 0.6 is 23.1 Å². The third-order valence-corrected chi connectivity index (χ3v) is 8.87. The molecule has 2 aromatic rings. The maximum atomic E-state index is 13.3. The fraction of sp³-hybridized carbons (Fsp3) is 0.652. The van der Waals surface area contributed by atoms with Gasteiger partial charge in [0.25, 0.3) is 5.56 Å². The van der Waals surface area contributed by atoms with E-state index in [4.69, 9.17) is 4.98 Å². The molecule has 1 saturated carbocycles. The molecule has 0 spiro atoms. The number of carbonyl (C=O) groups excluding carboxylic acids is 1. The van der Waals surface area contributed by atoms with Gasteiger partial charge in [0.2, 0.25) is 5.91 Å². The van der Waals surface area contributed by atoms with Crippen molar-refractivity contribution >= 4 is 39.2 Å². The number of fused-ring (bicyclic) bond motifs is 3. The molecule has 2 heterocycles. The lowest BCUT2D eigenvalue weighted by Crippen LogP contribution is -2.51. The summed E-state index contributed by atoms with van der Waals surface area (Å²) in [6.45, 7) is 6.54. The van der Waals surface area contributed by atoms with E-state index in [9.17, 15) is 14.9 Å². The zero-order chi connectivity index (χ0) is 22.2. The van der Waals surface area contributed by atoms with Crippen LogP contribution in [0.25, 0.3) is 10.2 Å². The molecule has 0 radical (unpaired) electrons. The summed E-state index contributed by atoms with van der Waals surface area (Å²) < 4.78 is 1.70. The molecular formula is C23H30N4O2S2. The molecule has 31 heavy (non-hydrogen) atoms. The highest BCUT2D eigenvalue weighted by atomic mass is 32.2. The number of nitrogens with one attached hydrogen (secondary N) is 1. The van der Waals surface area contributed by atoms with Crippen LogP contribution in [0.2, 0.25) is 0 Å². The van der Waals surface area contributed by atoms with Crippen LogP contribution in [0.15, 0.2) is 9.95 Å². The smallest absolute Gasteiger partial charge is 0.263 e.